The maximum Gasteiger partial charge on any atom is 0.244 e. The van der Waals surface area contributed by atoms with E-state index in [1.807, 2.05) is 0 Å². The second-order valence-corrected chi connectivity index (χ2v) is 7.43. The van der Waals surface area contributed by atoms with E-state index in [0.717, 1.165) is 19.3 Å². The maximum absolute atomic E-state index is 13.0. The standard InChI is InChI=1S/C17H26N2OS/c1-3-17(2)16(20)19(14-8-6-4-5-7-9-14)15(18-17)13-10-11-21-12-13/h10-12,14-15,18H,3-9H2,1-2H3. The molecule has 0 spiro atoms. The number of hydrogen-bond donors (Lipinski definition) is 1. The lowest BCUT2D eigenvalue weighted by Crippen LogP contribution is -2.44. The molecular weight excluding hydrogens is 280 g/mol. The quantitative estimate of drug-likeness (QED) is 0.854. The van der Waals surface area contributed by atoms with E-state index in [-0.39, 0.29) is 6.17 Å². The predicted octanol–water partition coefficient (Wildman–Crippen LogP) is 4.07. The first-order chi connectivity index (χ1) is 10.2. The van der Waals surface area contributed by atoms with E-state index >= 15 is 0 Å². The van der Waals surface area contributed by atoms with E-state index in [1.165, 1.54) is 31.2 Å². The number of carbonyl (C=O) groups excluding carboxylic acids is 1. The Morgan fingerprint density at radius 1 is 1.33 bits per heavy atom. The molecular formula is C17H26N2OS. The molecule has 0 radical (unpaired) electrons. The summed E-state index contributed by atoms with van der Waals surface area (Å²) in [6, 6.07) is 2.56. The van der Waals surface area contributed by atoms with Gasteiger partial charge in [0.15, 0.2) is 0 Å². The highest BCUT2D eigenvalue weighted by Crippen LogP contribution is 2.38. The molecule has 4 heteroatoms. The van der Waals surface area contributed by atoms with Gasteiger partial charge in [0, 0.05) is 6.04 Å². The zero-order chi connectivity index (χ0) is 14.9. The Morgan fingerprint density at radius 2 is 2.05 bits per heavy atom. The van der Waals surface area contributed by atoms with Crippen LogP contribution in [0, 0.1) is 0 Å². The molecule has 1 amide bonds. The SMILES string of the molecule is CCC1(C)NC(c2ccsc2)N(C2CCCCCC2)C1=O. The van der Waals surface area contributed by atoms with Crippen molar-refractivity contribution in [2.45, 2.75) is 76.5 Å². The predicted molar refractivity (Wildman–Crippen MR) is 87.2 cm³/mol. The van der Waals surface area contributed by atoms with Crippen LogP contribution in [0.2, 0.25) is 0 Å². The maximum atomic E-state index is 13.0. The van der Waals surface area contributed by atoms with Crippen LogP contribution in [-0.4, -0.2) is 22.4 Å². The third-order valence-electron chi connectivity index (χ3n) is 5.22. The molecule has 116 valence electrons. The first kappa shape index (κ1) is 15.0. The fourth-order valence-electron chi connectivity index (χ4n) is 3.68. The number of amides is 1. The van der Waals surface area contributed by atoms with Gasteiger partial charge < -0.3 is 4.90 Å². The molecule has 1 aromatic rings. The minimum absolute atomic E-state index is 0.0665. The summed E-state index contributed by atoms with van der Waals surface area (Å²) >= 11 is 1.71. The van der Waals surface area contributed by atoms with Crippen molar-refractivity contribution >= 4 is 17.2 Å². The molecule has 1 N–H and O–H groups in total. The molecule has 3 rings (SSSR count). The number of nitrogens with one attached hydrogen (secondary N) is 1. The molecule has 2 heterocycles. The minimum atomic E-state index is -0.404. The van der Waals surface area contributed by atoms with Crippen LogP contribution in [0.4, 0.5) is 0 Å². The lowest BCUT2D eigenvalue weighted by Gasteiger charge is -2.32. The number of carbonyl (C=O) groups is 1. The number of nitrogens with zero attached hydrogens (tertiary/aromatic N) is 1. The molecule has 1 aliphatic heterocycles. The largest absolute Gasteiger partial charge is 0.318 e. The van der Waals surface area contributed by atoms with E-state index in [4.69, 9.17) is 0 Å². The Bertz CT molecular complexity index is 479. The first-order valence-corrected chi connectivity index (χ1v) is 9.22. The molecule has 21 heavy (non-hydrogen) atoms. The first-order valence-electron chi connectivity index (χ1n) is 8.28. The molecule has 1 saturated heterocycles. The lowest BCUT2D eigenvalue weighted by molar-refractivity contribution is -0.135. The molecule has 1 saturated carbocycles. The fraction of sp³-hybridized carbons (Fsp3) is 0.706. The minimum Gasteiger partial charge on any atom is -0.318 e. The zero-order valence-corrected chi connectivity index (χ0v) is 13.9. The van der Waals surface area contributed by atoms with Gasteiger partial charge in [0.25, 0.3) is 0 Å². The molecule has 1 aliphatic carbocycles. The van der Waals surface area contributed by atoms with Gasteiger partial charge in [-0.15, -0.1) is 0 Å². The fourth-order valence-corrected chi connectivity index (χ4v) is 4.35. The number of hydrogen-bond acceptors (Lipinski definition) is 3. The van der Waals surface area contributed by atoms with Gasteiger partial charge in [-0.25, -0.2) is 0 Å². The third-order valence-corrected chi connectivity index (χ3v) is 5.93. The second-order valence-electron chi connectivity index (χ2n) is 6.65. The molecule has 0 bridgehead atoms. The molecule has 2 unspecified atom stereocenters. The van der Waals surface area contributed by atoms with Gasteiger partial charge >= 0.3 is 0 Å². The van der Waals surface area contributed by atoms with Crippen molar-refractivity contribution in [2.24, 2.45) is 0 Å². The summed E-state index contributed by atoms with van der Waals surface area (Å²) in [5.41, 5.74) is 0.841. The van der Waals surface area contributed by atoms with Gasteiger partial charge in [0.05, 0.1) is 5.54 Å². The van der Waals surface area contributed by atoms with Crippen molar-refractivity contribution in [1.29, 1.82) is 0 Å². The number of rotatable bonds is 3. The van der Waals surface area contributed by atoms with Crippen LogP contribution in [0.3, 0.4) is 0 Å². The lowest BCUT2D eigenvalue weighted by atomic mass is 9.98. The van der Waals surface area contributed by atoms with Gasteiger partial charge in [0.1, 0.15) is 6.17 Å². The summed E-state index contributed by atoms with van der Waals surface area (Å²) in [7, 11) is 0. The summed E-state index contributed by atoms with van der Waals surface area (Å²) in [6.07, 6.45) is 8.38. The molecule has 1 aromatic heterocycles. The molecule has 3 nitrogen and oxygen atoms in total. The van der Waals surface area contributed by atoms with Crippen LogP contribution in [0.1, 0.15) is 70.5 Å². The van der Waals surface area contributed by atoms with Crippen molar-refractivity contribution in [2.75, 3.05) is 0 Å². The van der Waals surface area contributed by atoms with Crippen LogP contribution >= 0.6 is 11.3 Å². The van der Waals surface area contributed by atoms with Crippen molar-refractivity contribution in [3.05, 3.63) is 22.4 Å². The normalized spacial score (nSPS) is 31.6. The smallest absolute Gasteiger partial charge is 0.244 e. The Kier molecular flexibility index (Phi) is 4.36. The van der Waals surface area contributed by atoms with Crippen molar-refractivity contribution in [3.8, 4) is 0 Å². The van der Waals surface area contributed by atoms with Gasteiger partial charge in [-0.2, -0.15) is 11.3 Å². The van der Waals surface area contributed by atoms with Crippen molar-refractivity contribution in [3.63, 3.8) is 0 Å². The van der Waals surface area contributed by atoms with Crippen LogP contribution in [-0.2, 0) is 4.79 Å². The molecule has 2 fully saturated rings. The highest BCUT2D eigenvalue weighted by atomic mass is 32.1. The van der Waals surface area contributed by atoms with E-state index in [9.17, 15) is 4.79 Å². The summed E-state index contributed by atoms with van der Waals surface area (Å²) < 4.78 is 0. The summed E-state index contributed by atoms with van der Waals surface area (Å²) in [6.45, 7) is 4.16. The summed E-state index contributed by atoms with van der Waals surface area (Å²) in [4.78, 5) is 15.2. The average Bonchev–Trinajstić information content (AvgIpc) is 3.00. The van der Waals surface area contributed by atoms with E-state index in [1.54, 1.807) is 11.3 Å². The highest BCUT2D eigenvalue weighted by Gasteiger charge is 2.49. The third kappa shape index (κ3) is 2.76. The van der Waals surface area contributed by atoms with Crippen molar-refractivity contribution in [1.82, 2.24) is 10.2 Å². The van der Waals surface area contributed by atoms with Crippen LogP contribution in [0.25, 0.3) is 0 Å². The molecule has 2 aliphatic rings. The van der Waals surface area contributed by atoms with E-state index in [0.29, 0.717) is 11.9 Å². The second kappa shape index (κ2) is 6.09. The summed E-state index contributed by atoms with van der Waals surface area (Å²) in [5.74, 6) is 0.299. The van der Waals surface area contributed by atoms with Gasteiger partial charge in [-0.1, -0.05) is 32.6 Å². The Labute approximate surface area is 131 Å². The summed E-state index contributed by atoms with van der Waals surface area (Å²) in [5, 5.41) is 7.90. The Morgan fingerprint density at radius 3 is 2.62 bits per heavy atom. The van der Waals surface area contributed by atoms with Gasteiger partial charge in [0.2, 0.25) is 5.91 Å². The van der Waals surface area contributed by atoms with E-state index < -0.39 is 5.54 Å². The van der Waals surface area contributed by atoms with Crippen LogP contribution < -0.4 is 5.32 Å². The highest BCUT2D eigenvalue weighted by molar-refractivity contribution is 7.07. The van der Waals surface area contributed by atoms with E-state index in [2.05, 4.69) is 40.9 Å². The topological polar surface area (TPSA) is 32.3 Å². The van der Waals surface area contributed by atoms with Gasteiger partial charge in [-0.05, 0) is 48.6 Å². The van der Waals surface area contributed by atoms with Crippen LogP contribution in [0.5, 0.6) is 0 Å². The monoisotopic (exact) mass is 306 g/mol. The van der Waals surface area contributed by atoms with Gasteiger partial charge in [-0.3, -0.25) is 10.1 Å². The molecule has 0 aromatic carbocycles. The number of thiophene rings is 1. The average molecular weight is 306 g/mol. The zero-order valence-electron chi connectivity index (χ0n) is 13.1. The Hall–Kier alpha value is -0.870. The molecule has 2 atom stereocenters. The van der Waals surface area contributed by atoms with Crippen LogP contribution in [0.15, 0.2) is 16.8 Å². The van der Waals surface area contributed by atoms with Crippen molar-refractivity contribution < 1.29 is 4.79 Å². The Balaban J connectivity index is 1.91.